The molecule has 2 amide bonds. The van der Waals surface area contributed by atoms with Crippen LogP contribution in [0.5, 0.6) is 0 Å². The van der Waals surface area contributed by atoms with Crippen LogP contribution in [0.4, 0.5) is 0 Å². The molecule has 2 aliphatic heterocycles. The topological polar surface area (TPSA) is 83.7 Å². The summed E-state index contributed by atoms with van der Waals surface area (Å²) < 4.78 is 0. The Balaban J connectivity index is 1.43. The molecular weight excluding hydrogens is 330 g/mol. The number of ketones is 1. The summed E-state index contributed by atoms with van der Waals surface area (Å²) in [5.74, 6) is 0.0157. The Morgan fingerprint density at radius 1 is 0.885 bits per heavy atom. The molecule has 0 unspecified atom stereocenters. The first-order valence-corrected chi connectivity index (χ1v) is 9.43. The van der Waals surface area contributed by atoms with Gasteiger partial charge in [-0.25, -0.2) is 0 Å². The van der Waals surface area contributed by atoms with E-state index in [1.54, 1.807) is 0 Å². The summed E-state index contributed by atoms with van der Waals surface area (Å²) in [5.41, 5.74) is 6.12. The molecule has 3 rings (SSSR count). The number of nitrogens with zero attached hydrogens (tertiary/aromatic N) is 2. The third-order valence-corrected chi connectivity index (χ3v) is 5.63. The monoisotopic (exact) mass is 357 g/mol. The number of nitrogens with two attached hydrogens (primary N) is 1. The number of hydrogen-bond donors (Lipinski definition) is 1. The normalized spacial score (nSPS) is 20.1. The molecule has 2 aliphatic rings. The molecule has 0 aliphatic carbocycles. The van der Waals surface area contributed by atoms with E-state index in [1.165, 1.54) is 0 Å². The van der Waals surface area contributed by atoms with E-state index in [9.17, 15) is 14.4 Å². The van der Waals surface area contributed by atoms with Gasteiger partial charge in [-0.2, -0.15) is 0 Å². The van der Waals surface area contributed by atoms with Crippen molar-refractivity contribution < 1.29 is 14.4 Å². The maximum absolute atomic E-state index is 12.5. The highest BCUT2D eigenvalue weighted by atomic mass is 16.2. The molecule has 0 bridgehead atoms. The van der Waals surface area contributed by atoms with Crippen LogP contribution in [0.2, 0.25) is 0 Å². The highest BCUT2D eigenvalue weighted by Gasteiger charge is 2.29. The van der Waals surface area contributed by atoms with Gasteiger partial charge < -0.3 is 10.6 Å². The summed E-state index contributed by atoms with van der Waals surface area (Å²) in [4.78, 5) is 40.2. The van der Waals surface area contributed by atoms with Crippen molar-refractivity contribution in [1.82, 2.24) is 9.80 Å². The van der Waals surface area contributed by atoms with Crippen molar-refractivity contribution in [3.05, 3.63) is 35.9 Å². The second-order valence-electron chi connectivity index (χ2n) is 7.34. The van der Waals surface area contributed by atoms with Crippen molar-refractivity contribution in [3.63, 3.8) is 0 Å². The third-order valence-electron chi connectivity index (χ3n) is 5.63. The third kappa shape index (κ3) is 4.49. The van der Waals surface area contributed by atoms with Gasteiger partial charge in [0.2, 0.25) is 11.8 Å². The van der Waals surface area contributed by atoms with Crippen molar-refractivity contribution in [1.29, 1.82) is 0 Å². The number of hydrogen-bond acceptors (Lipinski definition) is 4. The van der Waals surface area contributed by atoms with E-state index >= 15 is 0 Å². The summed E-state index contributed by atoms with van der Waals surface area (Å²) in [6.45, 7) is 3.15. The first-order valence-electron chi connectivity index (χ1n) is 9.43. The molecule has 1 aromatic carbocycles. The number of carbonyl (C=O) groups excluding carboxylic acids is 3. The van der Waals surface area contributed by atoms with Gasteiger partial charge in [-0.05, 0) is 38.8 Å². The number of benzene rings is 1. The standard InChI is InChI=1S/C20H27N3O3/c21-20(26)17-8-12-23(13-9-17)18(24)14-22-10-6-16(7-11-22)19(25)15-4-2-1-3-5-15/h1-5,16-17H,6-14H2,(H2,21,26). The first-order chi connectivity index (χ1) is 12.5. The van der Waals surface area contributed by atoms with Crippen LogP contribution in [-0.4, -0.2) is 60.1 Å². The summed E-state index contributed by atoms with van der Waals surface area (Å²) >= 11 is 0. The summed E-state index contributed by atoms with van der Waals surface area (Å²) in [6.07, 6.45) is 2.92. The van der Waals surface area contributed by atoms with Gasteiger partial charge in [-0.1, -0.05) is 30.3 Å². The van der Waals surface area contributed by atoms with Crippen molar-refractivity contribution >= 4 is 17.6 Å². The predicted octanol–water partition coefficient (Wildman–Crippen LogP) is 1.31. The molecule has 0 aromatic heterocycles. The molecule has 0 atom stereocenters. The zero-order valence-electron chi connectivity index (χ0n) is 15.1. The number of amides is 2. The predicted molar refractivity (Wildman–Crippen MR) is 98.4 cm³/mol. The zero-order valence-corrected chi connectivity index (χ0v) is 15.1. The molecule has 1 aromatic rings. The van der Waals surface area contributed by atoms with Crippen LogP contribution in [0.25, 0.3) is 0 Å². The van der Waals surface area contributed by atoms with Gasteiger partial charge in [0.25, 0.3) is 0 Å². The Bertz CT molecular complexity index is 646. The number of carbonyl (C=O) groups is 3. The molecule has 2 fully saturated rings. The Kier molecular flexibility index (Phi) is 6.04. The van der Waals surface area contributed by atoms with Crippen LogP contribution >= 0.6 is 0 Å². The number of likely N-dealkylation sites (tertiary alicyclic amines) is 2. The number of piperidine rings is 2. The van der Waals surface area contributed by atoms with Gasteiger partial charge in [0, 0.05) is 30.5 Å². The minimum Gasteiger partial charge on any atom is -0.369 e. The first kappa shape index (κ1) is 18.6. The Hall–Kier alpha value is -2.21. The van der Waals surface area contributed by atoms with E-state index in [0.29, 0.717) is 32.5 Å². The average Bonchev–Trinajstić information content (AvgIpc) is 2.68. The number of primary amides is 1. The van der Waals surface area contributed by atoms with E-state index in [4.69, 9.17) is 5.73 Å². The summed E-state index contributed by atoms with van der Waals surface area (Å²) in [7, 11) is 0. The fourth-order valence-corrected chi connectivity index (χ4v) is 3.90. The molecule has 2 heterocycles. The molecule has 26 heavy (non-hydrogen) atoms. The Morgan fingerprint density at radius 2 is 1.46 bits per heavy atom. The lowest BCUT2D eigenvalue weighted by molar-refractivity contribution is -0.136. The van der Waals surface area contributed by atoms with Crippen LogP contribution < -0.4 is 5.73 Å². The highest BCUT2D eigenvalue weighted by Crippen LogP contribution is 2.22. The van der Waals surface area contributed by atoms with Gasteiger partial charge in [-0.3, -0.25) is 19.3 Å². The van der Waals surface area contributed by atoms with Crippen molar-refractivity contribution in [2.75, 3.05) is 32.7 Å². The zero-order chi connectivity index (χ0) is 18.5. The summed E-state index contributed by atoms with van der Waals surface area (Å²) in [6, 6.07) is 9.43. The Morgan fingerprint density at radius 3 is 2.04 bits per heavy atom. The van der Waals surface area contributed by atoms with E-state index in [0.717, 1.165) is 31.5 Å². The second-order valence-corrected chi connectivity index (χ2v) is 7.34. The van der Waals surface area contributed by atoms with Gasteiger partial charge in [-0.15, -0.1) is 0 Å². The highest BCUT2D eigenvalue weighted by molar-refractivity contribution is 5.97. The molecule has 0 spiro atoms. The SMILES string of the molecule is NC(=O)C1CCN(C(=O)CN2CCC(C(=O)c3ccccc3)CC2)CC1. The van der Waals surface area contributed by atoms with Gasteiger partial charge >= 0.3 is 0 Å². The molecule has 2 saturated heterocycles. The van der Waals surface area contributed by atoms with Crippen LogP contribution in [0, 0.1) is 11.8 Å². The molecule has 0 radical (unpaired) electrons. The van der Waals surface area contributed by atoms with E-state index in [2.05, 4.69) is 4.90 Å². The lowest BCUT2D eigenvalue weighted by atomic mass is 9.89. The van der Waals surface area contributed by atoms with E-state index in [-0.39, 0.29) is 29.4 Å². The smallest absolute Gasteiger partial charge is 0.236 e. The van der Waals surface area contributed by atoms with Crippen LogP contribution in [0.3, 0.4) is 0 Å². The molecule has 6 heteroatoms. The minimum absolute atomic E-state index is 0.0510. The maximum Gasteiger partial charge on any atom is 0.236 e. The maximum atomic E-state index is 12.5. The quantitative estimate of drug-likeness (QED) is 0.805. The van der Waals surface area contributed by atoms with Crippen LogP contribution in [0.1, 0.15) is 36.0 Å². The van der Waals surface area contributed by atoms with Crippen LogP contribution in [0.15, 0.2) is 30.3 Å². The molecule has 140 valence electrons. The van der Waals surface area contributed by atoms with Gasteiger partial charge in [0.05, 0.1) is 6.54 Å². The van der Waals surface area contributed by atoms with E-state index in [1.807, 2.05) is 35.2 Å². The van der Waals surface area contributed by atoms with Crippen molar-refractivity contribution in [2.24, 2.45) is 17.6 Å². The molecule has 0 saturated carbocycles. The lowest BCUT2D eigenvalue weighted by Gasteiger charge is -2.35. The minimum atomic E-state index is -0.262. The van der Waals surface area contributed by atoms with Crippen molar-refractivity contribution in [2.45, 2.75) is 25.7 Å². The number of Topliss-reactive ketones (excluding diaryl/α,β-unsaturated/α-hetero) is 1. The largest absolute Gasteiger partial charge is 0.369 e. The van der Waals surface area contributed by atoms with Crippen LogP contribution in [-0.2, 0) is 9.59 Å². The fourth-order valence-electron chi connectivity index (χ4n) is 3.90. The van der Waals surface area contributed by atoms with Crippen molar-refractivity contribution in [3.8, 4) is 0 Å². The molecular formula is C20H27N3O3. The lowest BCUT2D eigenvalue weighted by Crippen LogP contribution is -2.47. The molecule has 2 N–H and O–H groups in total. The van der Waals surface area contributed by atoms with Gasteiger partial charge in [0.15, 0.2) is 5.78 Å². The second kappa shape index (κ2) is 8.45. The fraction of sp³-hybridized carbons (Fsp3) is 0.550. The average molecular weight is 357 g/mol. The van der Waals surface area contributed by atoms with Gasteiger partial charge in [0.1, 0.15) is 0 Å². The Labute approximate surface area is 154 Å². The van der Waals surface area contributed by atoms with E-state index < -0.39 is 0 Å². The molecule has 6 nitrogen and oxygen atoms in total. The number of rotatable bonds is 5. The summed E-state index contributed by atoms with van der Waals surface area (Å²) in [5, 5.41) is 0.